The van der Waals surface area contributed by atoms with Crippen LogP contribution in [0.3, 0.4) is 0 Å². The lowest BCUT2D eigenvalue weighted by Crippen LogP contribution is -2.41. The van der Waals surface area contributed by atoms with Gasteiger partial charge in [0.1, 0.15) is 0 Å². The molecule has 164 valence electrons. The highest BCUT2D eigenvalue weighted by Crippen LogP contribution is 2.28. The number of nitrogens with zero attached hydrogens (tertiary/aromatic N) is 5. The van der Waals surface area contributed by atoms with Gasteiger partial charge in [-0.2, -0.15) is 4.98 Å². The molecule has 3 heterocycles. The maximum Gasteiger partial charge on any atom is 0.332 e. The molecule has 32 heavy (non-hydrogen) atoms. The molecule has 5 rings (SSSR count). The molecule has 0 saturated heterocycles. The molecule has 0 radical (unpaired) electrons. The van der Waals surface area contributed by atoms with E-state index in [1.165, 1.54) is 14.7 Å². The van der Waals surface area contributed by atoms with E-state index >= 15 is 0 Å². The van der Waals surface area contributed by atoms with Crippen LogP contribution in [0.15, 0.2) is 64.2 Å². The van der Waals surface area contributed by atoms with Crippen molar-refractivity contribution in [2.45, 2.75) is 26.6 Å². The van der Waals surface area contributed by atoms with Crippen LogP contribution in [0.25, 0.3) is 11.2 Å². The van der Waals surface area contributed by atoms with E-state index in [9.17, 15) is 9.59 Å². The van der Waals surface area contributed by atoms with Crippen molar-refractivity contribution in [3.63, 3.8) is 0 Å². The fourth-order valence-electron chi connectivity index (χ4n) is 4.48. The standard InChI is InChI=1S/C24H24ClN5O2/c1-16-12-28(14-17-8-4-3-5-9-17)23-26-21-20(29(23)13-16)22(31)30(24(32)27(21)2)15-18-10-6-7-11-19(18)25/h3-11,16H,12-15H2,1-2H3/t16-/m1/s1. The average Bonchev–Trinajstić information content (AvgIpc) is 3.17. The average molecular weight is 450 g/mol. The molecule has 0 unspecified atom stereocenters. The van der Waals surface area contributed by atoms with E-state index in [-0.39, 0.29) is 12.1 Å². The third-order valence-corrected chi connectivity index (χ3v) is 6.39. The lowest BCUT2D eigenvalue weighted by molar-refractivity contribution is 0.435. The molecule has 2 aromatic heterocycles. The Morgan fingerprint density at radius 3 is 2.47 bits per heavy atom. The highest BCUT2D eigenvalue weighted by molar-refractivity contribution is 6.31. The molecule has 0 saturated carbocycles. The summed E-state index contributed by atoms with van der Waals surface area (Å²) >= 11 is 6.30. The number of aryl methyl sites for hydroxylation is 1. The largest absolute Gasteiger partial charge is 0.338 e. The summed E-state index contributed by atoms with van der Waals surface area (Å²) < 4.78 is 4.68. The van der Waals surface area contributed by atoms with Crippen molar-refractivity contribution in [2.24, 2.45) is 13.0 Å². The Bertz CT molecular complexity index is 1420. The fraction of sp³-hybridized carbons (Fsp3) is 0.292. The molecule has 1 aliphatic heterocycles. The van der Waals surface area contributed by atoms with Crippen molar-refractivity contribution >= 4 is 28.7 Å². The SMILES string of the molecule is C[C@@H]1CN(Cc2ccccc2)c2nc3c(c(=O)n(Cc4ccccc4Cl)c(=O)n3C)n2C1. The number of imidazole rings is 1. The quantitative estimate of drug-likeness (QED) is 0.479. The summed E-state index contributed by atoms with van der Waals surface area (Å²) in [6.45, 7) is 4.48. The summed E-state index contributed by atoms with van der Waals surface area (Å²) in [5.41, 5.74) is 2.03. The number of hydrogen-bond acceptors (Lipinski definition) is 4. The second-order valence-corrected chi connectivity index (χ2v) is 8.90. The van der Waals surface area contributed by atoms with Crippen molar-refractivity contribution in [1.29, 1.82) is 0 Å². The monoisotopic (exact) mass is 449 g/mol. The van der Waals surface area contributed by atoms with E-state index in [1.807, 2.05) is 41.0 Å². The number of anilines is 1. The first-order chi connectivity index (χ1) is 15.4. The second kappa shape index (κ2) is 7.98. The number of fused-ring (bicyclic) bond motifs is 3. The Morgan fingerprint density at radius 1 is 1.00 bits per heavy atom. The van der Waals surface area contributed by atoms with Crippen LogP contribution < -0.4 is 16.1 Å². The van der Waals surface area contributed by atoms with E-state index < -0.39 is 5.69 Å². The van der Waals surface area contributed by atoms with Gasteiger partial charge in [-0.25, -0.2) is 4.79 Å². The van der Waals surface area contributed by atoms with Gasteiger partial charge in [-0.3, -0.25) is 13.9 Å². The van der Waals surface area contributed by atoms with E-state index in [2.05, 4.69) is 24.0 Å². The minimum absolute atomic E-state index is 0.116. The highest BCUT2D eigenvalue weighted by Gasteiger charge is 2.29. The minimum atomic E-state index is -0.402. The van der Waals surface area contributed by atoms with Crippen LogP contribution in [0.1, 0.15) is 18.1 Å². The van der Waals surface area contributed by atoms with Gasteiger partial charge in [-0.15, -0.1) is 0 Å². The second-order valence-electron chi connectivity index (χ2n) is 8.49. The third kappa shape index (κ3) is 3.42. The molecular formula is C24H24ClN5O2. The Labute approximate surface area is 190 Å². The lowest BCUT2D eigenvalue weighted by Gasteiger charge is -2.33. The Kier molecular flexibility index (Phi) is 5.13. The minimum Gasteiger partial charge on any atom is -0.338 e. The number of benzene rings is 2. The Morgan fingerprint density at radius 2 is 1.72 bits per heavy atom. The molecule has 8 heteroatoms. The van der Waals surface area contributed by atoms with E-state index in [1.54, 1.807) is 13.1 Å². The van der Waals surface area contributed by atoms with Gasteiger partial charge >= 0.3 is 5.69 Å². The van der Waals surface area contributed by atoms with E-state index in [4.69, 9.17) is 16.6 Å². The Balaban J connectivity index is 1.67. The number of hydrogen-bond donors (Lipinski definition) is 0. The molecule has 0 bridgehead atoms. The Hall–Kier alpha value is -3.32. The first-order valence-electron chi connectivity index (χ1n) is 10.7. The van der Waals surface area contributed by atoms with Gasteiger partial charge in [0.25, 0.3) is 5.56 Å². The third-order valence-electron chi connectivity index (χ3n) is 6.02. The topological polar surface area (TPSA) is 65.1 Å². The molecule has 0 aliphatic carbocycles. The highest BCUT2D eigenvalue weighted by atomic mass is 35.5. The zero-order valence-electron chi connectivity index (χ0n) is 18.0. The maximum absolute atomic E-state index is 13.5. The number of rotatable bonds is 4. The number of halogens is 1. The predicted octanol–water partition coefficient (Wildman–Crippen LogP) is 3.25. The summed E-state index contributed by atoms with van der Waals surface area (Å²) in [5.74, 6) is 1.06. The summed E-state index contributed by atoms with van der Waals surface area (Å²) in [6.07, 6.45) is 0. The zero-order valence-corrected chi connectivity index (χ0v) is 18.8. The van der Waals surface area contributed by atoms with Crippen LogP contribution in [-0.2, 0) is 26.7 Å². The van der Waals surface area contributed by atoms with E-state index in [0.717, 1.165) is 18.1 Å². The summed E-state index contributed by atoms with van der Waals surface area (Å²) in [4.78, 5) is 33.6. The first kappa shape index (κ1) is 20.6. The molecule has 4 aromatic rings. The molecule has 0 N–H and O–H groups in total. The van der Waals surface area contributed by atoms with Crippen molar-refractivity contribution < 1.29 is 0 Å². The molecule has 1 atom stereocenters. The molecular weight excluding hydrogens is 426 g/mol. The molecule has 0 amide bonds. The predicted molar refractivity (Wildman–Crippen MR) is 126 cm³/mol. The normalized spacial score (nSPS) is 15.8. The summed E-state index contributed by atoms with van der Waals surface area (Å²) in [5, 5.41) is 0.527. The van der Waals surface area contributed by atoms with Crippen LogP contribution >= 0.6 is 11.6 Å². The summed E-state index contributed by atoms with van der Waals surface area (Å²) in [7, 11) is 1.66. The number of aromatic nitrogens is 4. The van der Waals surface area contributed by atoms with Crippen LogP contribution in [0.2, 0.25) is 5.02 Å². The summed E-state index contributed by atoms with van der Waals surface area (Å²) in [6, 6.07) is 17.4. The van der Waals surface area contributed by atoms with Gasteiger partial charge in [-0.1, -0.05) is 67.1 Å². The smallest absolute Gasteiger partial charge is 0.332 e. The van der Waals surface area contributed by atoms with Crippen LogP contribution in [0.4, 0.5) is 5.95 Å². The zero-order chi connectivity index (χ0) is 22.4. The van der Waals surface area contributed by atoms with Gasteiger partial charge in [0.2, 0.25) is 5.95 Å². The van der Waals surface area contributed by atoms with Gasteiger partial charge in [0, 0.05) is 31.7 Å². The van der Waals surface area contributed by atoms with Crippen molar-refractivity contribution in [1.82, 2.24) is 18.7 Å². The first-order valence-corrected chi connectivity index (χ1v) is 11.0. The fourth-order valence-corrected chi connectivity index (χ4v) is 4.67. The van der Waals surface area contributed by atoms with Gasteiger partial charge in [0.05, 0.1) is 6.54 Å². The van der Waals surface area contributed by atoms with Gasteiger partial charge in [-0.05, 0) is 23.1 Å². The maximum atomic E-state index is 13.5. The lowest BCUT2D eigenvalue weighted by atomic mass is 10.1. The molecule has 7 nitrogen and oxygen atoms in total. The van der Waals surface area contributed by atoms with Gasteiger partial charge in [0.15, 0.2) is 11.2 Å². The van der Waals surface area contributed by atoms with Crippen molar-refractivity contribution in [3.8, 4) is 0 Å². The van der Waals surface area contributed by atoms with E-state index in [0.29, 0.717) is 35.2 Å². The van der Waals surface area contributed by atoms with Crippen molar-refractivity contribution in [2.75, 3.05) is 11.4 Å². The van der Waals surface area contributed by atoms with Crippen LogP contribution in [0.5, 0.6) is 0 Å². The van der Waals surface area contributed by atoms with Crippen LogP contribution in [0, 0.1) is 5.92 Å². The van der Waals surface area contributed by atoms with Gasteiger partial charge < -0.3 is 9.47 Å². The molecule has 0 fully saturated rings. The van der Waals surface area contributed by atoms with Crippen molar-refractivity contribution in [3.05, 3.63) is 91.6 Å². The molecule has 0 spiro atoms. The van der Waals surface area contributed by atoms with Crippen LogP contribution in [-0.4, -0.2) is 25.2 Å². The molecule has 2 aromatic carbocycles. The molecule has 1 aliphatic rings.